The average Bonchev–Trinajstić information content (AvgIpc) is 2.66. The van der Waals surface area contributed by atoms with E-state index < -0.39 is 6.10 Å². The molecule has 1 aromatic heterocycles. The number of aliphatic hydroxyl groups excluding tert-OH is 1. The summed E-state index contributed by atoms with van der Waals surface area (Å²) in [5.41, 5.74) is 1.53. The number of hydrogen-bond donors (Lipinski definition) is 1. The lowest BCUT2D eigenvalue weighted by Crippen LogP contribution is -2.23. The molecule has 1 unspecified atom stereocenters. The number of carbonyl (C=O) groups is 1. The van der Waals surface area contributed by atoms with Gasteiger partial charge in [0.15, 0.2) is 5.78 Å². The number of Topliss-reactive ketones (excluding diaryl/α,β-unsaturated/α-hetero) is 1. The Bertz CT molecular complexity index is 415. The summed E-state index contributed by atoms with van der Waals surface area (Å²) >= 11 is 6.22. The number of carbonyl (C=O) groups excluding carboxylic acids is 1. The first-order valence-electron chi connectivity index (χ1n) is 6.49. The first-order valence-corrected chi connectivity index (χ1v) is 6.87. The Hall–Kier alpha value is -0.870. The molecule has 1 atom stereocenters. The fraction of sp³-hybridized carbons (Fsp3) is 0.692. The summed E-state index contributed by atoms with van der Waals surface area (Å²) in [6.45, 7) is 6.55. The number of hydrogen-bond acceptors (Lipinski definition) is 3. The van der Waals surface area contributed by atoms with Crippen LogP contribution >= 0.6 is 11.6 Å². The number of rotatable bonds is 7. The molecule has 102 valence electrons. The van der Waals surface area contributed by atoms with Crippen molar-refractivity contribution in [1.29, 1.82) is 0 Å². The van der Waals surface area contributed by atoms with Crippen LogP contribution in [-0.2, 0) is 24.2 Å². The molecule has 4 nitrogen and oxygen atoms in total. The van der Waals surface area contributed by atoms with Gasteiger partial charge in [0.2, 0.25) is 0 Å². The lowest BCUT2D eigenvalue weighted by molar-refractivity contribution is -0.126. The highest BCUT2D eigenvalue weighted by atomic mass is 35.5. The maximum Gasteiger partial charge on any atom is 0.167 e. The number of aliphatic hydroxyl groups is 1. The topological polar surface area (TPSA) is 55.1 Å². The molecule has 1 N–H and O–H groups in total. The van der Waals surface area contributed by atoms with E-state index >= 15 is 0 Å². The summed E-state index contributed by atoms with van der Waals surface area (Å²) in [5, 5.41) is 14.6. The van der Waals surface area contributed by atoms with Crippen LogP contribution in [0.5, 0.6) is 0 Å². The van der Waals surface area contributed by atoms with Gasteiger partial charge in [0.25, 0.3) is 0 Å². The van der Waals surface area contributed by atoms with Crippen molar-refractivity contribution < 1.29 is 9.90 Å². The average molecular weight is 273 g/mol. The van der Waals surface area contributed by atoms with Crippen molar-refractivity contribution in [2.45, 2.75) is 59.1 Å². The number of aryl methyl sites for hydroxylation is 2. The number of nitrogens with zero attached hydrogens (tertiary/aromatic N) is 2. The van der Waals surface area contributed by atoms with Gasteiger partial charge in [0, 0.05) is 6.54 Å². The molecule has 0 aromatic carbocycles. The van der Waals surface area contributed by atoms with Crippen LogP contribution < -0.4 is 0 Å². The minimum absolute atomic E-state index is 0.154. The monoisotopic (exact) mass is 272 g/mol. The molecule has 0 aliphatic rings. The fourth-order valence-electron chi connectivity index (χ4n) is 1.90. The molecular formula is C13H21ClN2O2. The molecule has 1 aromatic rings. The molecule has 0 bridgehead atoms. The summed E-state index contributed by atoms with van der Waals surface area (Å²) in [7, 11) is 0. The van der Waals surface area contributed by atoms with Crippen molar-refractivity contribution in [1.82, 2.24) is 9.78 Å². The quantitative estimate of drug-likeness (QED) is 0.829. The third-order valence-corrected chi connectivity index (χ3v) is 3.41. The van der Waals surface area contributed by atoms with Gasteiger partial charge in [-0.3, -0.25) is 9.48 Å². The molecule has 1 heterocycles. The third kappa shape index (κ3) is 3.33. The molecule has 0 fully saturated rings. The molecule has 0 saturated heterocycles. The highest BCUT2D eigenvalue weighted by molar-refractivity contribution is 6.32. The lowest BCUT2D eigenvalue weighted by Gasteiger charge is -2.09. The van der Waals surface area contributed by atoms with E-state index in [1.807, 2.05) is 20.8 Å². The van der Waals surface area contributed by atoms with E-state index in [1.165, 1.54) is 0 Å². The number of ketones is 1. The largest absolute Gasteiger partial charge is 0.385 e. The van der Waals surface area contributed by atoms with Gasteiger partial charge in [0.1, 0.15) is 6.10 Å². The van der Waals surface area contributed by atoms with Crippen LogP contribution in [0.1, 0.15) is 45.0 Å². The van der Waals surface area contributed by atoms with Gasteiger partial charge in [0.05, 0.1) is 22.8 Å². The molecular weight excluding hydrogens is 252 g/mol. The zero-order chi connectivity index (χ0) is 13.7. The van der Waals surface area contributed by atoms with Gasteiger partial charge in [-0.05, 0) is 19.8 Å². The first kappa shape index (κ1) is 15.2. The predicted molar refractivity (Wildman–Crippen MR) is 71.9 cm³/mol. The number of aromatic nitrogens is 2. The normalized spacial score (nSPS) is 12.7. The smallest absolute Gasteiger partial charge is 0.167 e. The van der Waals surface area contributed by atoms with Gasteiger partial charge in [-0.1, -0.05) is 31.9 Å². The predicted octanol–water partition coefficient (Wildman–Crippen LogP) is 2.39. The summed E-state index contributed by atoms with van der Waals surface area (Å²) < 4.78 is 1.75. The summed E-state index contributed by atoms with van der Waals surface area (Å²) in [4.78, 5) is 11.9. The van der Waals surface area contributed by atoms with Crippen LogP contribution in [0.4, 0.5) is 0 Å². The van der Waals surface area contributed by atoms with Crippen LogP contribution in [0.15, 0.2) is 0 Å². The van der Waals surface area contributed by atoms with Crippen molar-refractivity contribution in [3.8, 4) is 0 Å². The highest BCUT2D eigenvalue weighted by Gasteiger charge is 2.21. The van der Waals surface area contributed by atoms with E-state index in [0.29, 0.717) is 18.0 Å². The Labute approximate surface area is 113 Å². The van der Waals surface area contributed by atoms with Gasteiger partial charge in [-0.15, -0.1) is 0 Å². The van der Waals surface area contributed by atoms with Crippen molar-refractivity contribution in [2.24, 2.45) is 0 Å². The maximum absolute atomic E-state index is 11.9. The van der Waals surface area contributed by atoms with E-state index in [4.69, 9.17) is 11.6 Å². The standard InChI is InChI=1S/C13H21ClN2O2/c1-4-7-11(17)12(18)8-10-13(14)9(5-2)15-16(10)6-3/h11,17H,4-8H2,1-3H3. The van der Waals surface area contributed by atoms with Crippen molar-refractivity contribution in [3.63, 3.8) is 0 Å². The molecule has 5 heteroatoms. The van der Waals surface area contributed by atoms with E-state index in [1.54, 1.807) is 4.68 Å². The van der Waals surface area contributed by atoms with Crippen LogP contribution in [0, 0.1) is 0 Å². The summed E-state index contributed by atoms with van der Waals surface area (Å²) in [6.07, 6.45) is 1.28. The second-order valence-electron chi connectivity index (χ2n) is 4.32. The molecule has 0 amide bonds. The van der Waals surface area contributed by atoms with Crippen LogP contribution in [0.25, 0.3) is 0 Å². The van der Waals surface area contributed by atoms with Crippen LogP contribution in [0.2, 0.25) is 5.02 Å². The van der Waals surface area contributed by atoms with Gasteiger partial charge >= 0.3 is 0 Å². The molecule has 0 saturated carbocycles. The minimum Gasteiger partial charge on any atom is -0.385 e. The third-order valence-electron chi connectivity index (χ3n) is 2.97. The maximum atomic E-state index is 11.9. The van der Waals surface area contributed by atoms with Gasteiger partial charge < -0.3 is 5.11 Å². The first-order chi connectivity index (χ1) is 8.54. The van der Waals surface area contributed by atoms with E-state index in [0.717, 1.165) is 24.2 Å². The van der Waals surface area contributed by atoms with E-state index in [2.05, 4.69) is 5.10 Å². The SMILES string of the molecule is CCCC(O)C(=O)Cc1c(Cl)c(CC)nn1CC. The molecule has 0 aliphatic carbocycles. The zero-order valence-electron chi connectivity index (χ0n) is 11.2. The Balaban J connectivity index is 2.89. The van der Waals surface area contributed by atoms with Crippen molar-refractivity contribution in [2.75, 3.05) is 0 Å². The Kier molecular flexibility index (Phi) is 5.82. The van der Waals surface area contributed by atoms with Crippen molar-refractivity contribution in [3.05, 3.63) is 16.4 Å². The van der Waals surface area contributed by atoms with Crippen LogP contribution in [0.3, 0.4) is 0 Å². The van der Waals surface area contributed by atoms with Gasteiger partial charge in [-0.25, -0.2) is 0 Å². The zero-order valence-corrected chi connectivity index (χ0v) is 12.0. The van der Waals surface area contributed by atoms with Gasteiger partial charge in [-0.2, -0.15) is 5.10 Å². The second-order valence-corrected chi connectivity index (χ2v) is 4.70. The molecule has 0 spiro atoms. The Morgan fingerprint density at radius 3 is 2.61 bits per heavy atom. The Morgan fingerprint density at radius 1 is 1.44 bits per heavy atom. The highest BCUT2D eigenvalue weighted by Crippen LogP contribution is 2.22. The second kappa shape index (κ2) is 6.90. The molecule has 1 rings (SSSR count). The van der Waals surface area contributed by atoms with E-state index in [9.17, 15) is 9.90 Å². The molecule has 0 radical (unpaired) electrons. The number of halogens is 1. The van der Waals surface area contributed by atoms with E-state index in [-0.39, 0.29) is 12.2 Å². The summed E-state index contributed by atoms with van der Waals surface area (Å²) in [5.74, 6) is -0.184. The fourth-order valence-corrected chi connectivity index (χ4v) is 2.24. The van der Waals surface area contributed by atoms with Crippen molar-refractivity contribution >= 4 is 17.4 Å². The molecule has 18 heavy (non-hydrogen) atoms. The minimum atomic E-state index is -0.892. The molecule has 0 aliphatic heterocycles. The van der Waals surface area contributed by atoms with Crippen LogP contribution in [-0.4, -0.2) is 26.8 Å². The lowest BCUT2D eigenvalue weighted by atomic mass is 10.1. The Morgan fingerprint density at radius 2 is 2.11 bits per heavy atom. The summed E-state index contributed by atoms with van der Waals surface area (Å²) in [6, 6.07) is 0.